The quantitative estimate of drug-likeness (QED) is 0.688. The van der Waals surface area contributed by atoms with Crippen LogP contribution in [0.3, 0.4) is 0 Å². The molecule has 1 fully saturated rings. The van der Waals surface area contributed by atoms with Gasteiger partial charge in [0.1, 0.15) is 0 Å². The molecule has 4 nitrogen and oxygen atoms in total. The summed E-state index contributed by atoms with van der Waals surface area (Å²) in [7, 11) is -1.15. The van der Waals surface area contributed by atoms with E-state index in [4.69, 9.17) is 4.74 Å². The van der Waals surface area contributed by atoms with Crippen LogP contribution in [0.15, 0.2) is 36.4 Å². The van der Waals surface area contributed by atoms with Gasteiger partial charge in [0.05, 0.1) is 11.5 Å². The van der Waals surface area contributed by atoms with Crippen molar-refractivity contribution < 1.29 is 13.2 Å². The SMILES string of the molecule is COCCCN(C/C=C/c1ccccc1)[C@H]1CCS(=O)(=O)C1. The topological polar surface area (TPSA) is 46.6 Å². The molecule has 1 saturated heterocycles. The number of hydrogen-bond acceptors (Lipinski definition) is 4. The highest BCUT2D eigenvalue weighted by molar-refractivity contribution is 7.91. The van der Waals surface area contributed by atoms with E-state index in [2.05, 4.69) is 29.2 Å². The average Bonchev–Trinajstić information content (AvgIpc) is 2.87. The molecule has 0 amide bonds. The smallest absolute Gasteiger partial charge is 0.151 e. The highest BCUT2D eigenvalue weighted by Crippen LogP contribution is 2.18. The highest BCUT2D eigenvalue weighted by atomic mass is 32.2. The van der Waals surface area contributed by atoms with Crippen LogP contribution in [0.1, 0.15) is 18.4 Å². The Labute approximate surface area is 133 Å². The van der Waals surface area contributed by atoms with Gasteiger partial charge >= 0.3 is 0 Å². The van der Waals surface area contributed by atoms with Gasteiger partial charge in [-0.3, -0.25) is 4.90 Å². The Hall–Kier alpha value is -1.17. The second-order valence-corrected chi connectivity index (χ2v) is 7.94. The third-order valence-electron chi connectivity index (χ3n) is 3.97. The van der Waals surface area contributed by atoms with Crippen LogP contribution in [0.4, 0.5) is 0 Å². The van der Waals surface area contributed by atoms with E-state index < -0.39 is 9.84 Å². The molecule has 0 N–H and O–H groups in total. The number of methoxy groups -OCH3 is 1. The lowest BCUT2D eigenvalue weighted by Gasteiger charge is -2.26. The Bertz CT molecular complexity index is 569. The summed E-state index contributed by atoms with van der Waals surface area (Å²) in [6, 6.07) is 10.3. The van der Waals surface area contributed by atoms with Gasteiger partial charge in [0.2, 0.25) is 0 Å². The highest BCUT2D eigenvalue weighted by Gasteiger charge is 2.31. The molecular formula is C17H25NO3S. The molecule has 5 heteroatoms. The Balaban J connectivity index is 1.94. The van der Waals surface area contributed by atoms with Crippen LogP contribution in [-0.2, 0) is 14.6 Å². The first-order valence-electron chi connectivity index (χ1n) is 7.76. The van der Waals surface area contributed by atoms with Gasteiger partial charge in [-0.2, -0.15) is 0 Å². The molecule has 1 heterocycles. The summed E-state index contributed by atoms with van der Waals surface area (Å²) in [5.41, 5.74) is 1.17. The fraction of sp³-hybridized carbons (Fsp3) is 0.529. The van der Waals surface area contributed by atoms with Crippen LogP contribution in [-0.4, -0.2) is 57.7 Å². The number of nitrogens with zero attached hydrogens (tertiary/aromatic N) is 1. The van der Waals surface area contributed by atoms with Gasteiger partial charge in [-0.05, 0) is 18.4 Å². The molecule has 1 aromatic rings. The monoisotopic (exact) mass is 323 g/mol. The standard InChI is InChI=1S/C17H25NO3S/c1-21-13-6-12-18(17-10-14-22(19,20)15-17)11-5-9-16-7-3-2-4-8-16/h2-5,7-9,17H,6,10-15H2,1H3/b9-5+/t17-/m0/s1. The summed E-state index contributed by atoms with van der Waals surface area (Å²) >= 11 is 0. The van der Waals surface area contributed by atoms with Gasteiger partial charge < -0.3 is 4.74 Å². The molecule has 0 bridgehead atoms. The third kappa shape index (κ3) is 5.55. The summed E-state index contributed by atoms with van der Waals surface area (Å²) < 4.78 is 28.5. The van der Waals surface area contributed by atoms with E-state index in [-0.39, 0.29) is 6.04 Å². The normalized spacial score (nSPS) is 20.9. The van der Waals surface area contributed by atoms with E-state index in [1.54, 1.807) is 7.11 Å². The summed E-state index contributed by atoms with van der Waals surface area (Å²) in [4.78, 5) is 2.27. The minimum atomic E-state index is -2.85. The number of benzene rings is 1. The van der Waals surface area contributed by atoms with Gasteiger partial charge in [-0.25, -0.2) is 8.42 Å². The first kappa shape index (κ1) is 17.2. The van der Waals surface area contributed by atoms with Crippen molar-refractivity contribution in [3.8, 4) is 0 Å². The molecule has 1 atom stereocenters. The zero-order valence-electron chi connectivity index (χ0n) is 13.1. The molecule has 0 aromatic heterocycles. The Kier molecular flexibility index (Phi) is 6.61. The number of hydrogen-bond donors (Lipinski definition) is 0. The van der Waals surface area contributed by atoms with Crippen molar-refractivity contribution in [2.45, 2.75) is 18.9 Å². The molecule has 1 aliphatic rings. The molecule has 122 valence electrons. The van der Waals surface area contributed by atoms with E-state index in [9.17, 15) is 8.42 Å². The van der Waals surface area contributed by atoms with Crippen molar-refractivity contribution in [3.05, 3.63) is 42.0 Å². The third-order valence-corrected chi connectivity index (χ3v) is 5.72. The molecule has 1 aromatic carbocycles. The van der Waals surface area contributed by atoms with E-state index >= 15 is 0 Å². The van der Waals surface area contributed by atoms with Crippen LogP contribution in [0, 0.1) is 0 Å². The van der Waals surface area contributed by atoms with E-state index in [0.717, 1.165) is 25.9 Å². The predicted octanol–water partition coefficient (Wildman–Crippen LogP) is 2.23. The Morgan fingerprint density at radius 3 is 2.73 bits per heavy atom. The average molecular weight is 323 g/mol. The lowest BCUT2D eigenvalue weighted by molar-refractivity contribution is 0.162. The lowest BCUT2D eigenvalue weighted by Crippen LogP contribution is -2.37. The zero-order valence-corrected chi connectivity index (χ0v) is 14.0. The van der Waals surface area contributed by atoms with E-state index in [0.29, 0.717) is 18.1 Å². The maximum Gasteiger partial charge on any atom is 0.151 e. The minimum Gasteiger partial charge on any atom is -0.385 e. The van der Waals surface area contributed by atoms with Gasteiger partial charge in [-0.15, -0.1) is 0 Å². The maximum atomic E-state index is 11.7. The number of rotatable bonds is 8. The van der Waals surface area contributed by atoms with Crippen molar-refractivity contribution in [1.82, 2.24) is 4.90 Å². The van der Waals surface area contributed by atoms with Gasteiger partial charge in [0.25, 0.3) is 0 Å². The molecule has 0 saturated carbocycles. The van der Waals surface area contributed by atoms with Crippen molar-refractivity contribution in [1.29, 1.82) is 0 Å². The Morgan fingerprint density at radius 1 is 1.32 bits per heavy atom. The largest absolute Gasteiger partial charge is 0.385 e. The molecular weight excluding hydrogens is 298 g/mol. The molecule has 0 unspecified atom stereocenters. The van der Waals surface area contributed by atoms with Crippen LogP contribution >= 0.6 is 0 Å². The predicted molar refractivity (Wildman–Crippen MR) is 90.6 cm³/mol. The summed E-state index contributed by atoms with van der Waals surface area (Å²) in [6.45, 7) is 2.35. The molecule has 0 radical (unpaired) electrons. The second kappa shape index (κ2) is 8.46. The molecule has 1 aliphatic heterocycles. The van der Waals surface area contributed by atoms with Crippen LogP contribution in [0.25, 0.3) is 6.08 Å². The molecule has 2 rings (SSSR count). The van der Waals surface area contributed by atoms with Gasteiger partial charge in [0.15, 0.2) is 9.84 Å². The molecule has 0 spiro atoms. The fourth-order valence-electron chi connectivity index (χ4n) is 2.79. The summed E-state index contributed by atoms with van der Waals surface area (Å²) in [5.74, 6) is 0.611. The van der Waals surface area contributed by atoms with Crippen molar-refractivity contribution >= 4 is 15.9 Å². The molecule has 0 aliphatic carbocycles. The zero-order chi connectivity index (χ0) is 15.8. The van der Waals surface area contributed by atoms with Crippen LogP contribution in [0.2, 0.25) is 0 Å². The van der Waals surface area contributed by atoms with Gasteiger partial charge in [-0.1, -0.05) is 42.5 Å². The van der Waals surface area contributed by atoms with Crippen LogP contribution in [0.5, 0.6) is 0 Å². The maximum absolute atomic E-state index is 11.7. The van der Waals surface area contributed by atoms with E-state index in [1.165, 1.54) is 5.56 Å². The van der Waals surface area contributed by atoms with E-state index in [1.807, 2.05) is 18.2 Å². The molecule has 22 heavy (non-hydrogen) atoms. The number of ether oxygens (including phenoxy) is 1. The first-order valence-corrected chi connectivity index (χ1v) is 9.58. The Morgan fingerprint density at radius 2 is 2.09 bits per heavy atom. The van der Waals surface area contributed by atoms with Crippen molar-refractivity contribution in [3.63, 3.8) is 0 Å². The fourth-order valence-corrected chi connectivity index (χ4v) is 4.55. The minimum absolute atomic E-state index is 0.141. The van der Waals surface area contributed by atoms with Crippen molar-refractivity contribution in [2.75, 3.05) is 38.3 Å². The number of sulfone groups is 1. The van der Waals surface area contributed by atoms with Crippen LogP contribution < -0.4 is 0 Å². The summed E-state index contributed by atoms with van der Waals surface area (Å²) in [5, 5.41) is 0. The second-order valence-electron chi connectivity index (χ2n) is 5.71. The first-order chi connectivity index (χ1) is 10.6. The summed E-state index contributed by atoms with van der Waals surface area (Å²) in [6.07, 6.45) is 5.88. The van der Waals surface area contributed by atoms with Gasteiger partial charge in [0, 0.05) is 32.8 Å². The van der Waals surface area contributed by atoms with Crippen molar-refractivity contribution in [2.24, 2.45) is 0 Å². The lowest BCUT2D eigenvalue weighted by atomic mass is 10.2.